The minimum absolute atomic E-state index is 0.0237. The van der Waals surface area contributed by atoms with E-state index >= 15 is 0 Å². The Labute approximate surface area is 141 Å². The van der Waals surface area contributed by atoms with Crippen molar-refractivity contribution in [2.24, 2.45) is 0 Å². The molecule has 2 N–H and O–H groups in total. The van der Waals surface area contributed by atoms with Gasteiger partial charge in [-0.25, -0.2) is 4.39 Å². The molecule has 2 aromatic rings. The molecule has 3 rings (SSSR count). The van der Waals surface area contributed by atoms with E-state index in [1.165, 1.54) is 6.07 Å². The fourth-order valence-electron chi connectivity index (χ4n) is 2.73. The van der Waals surface area contributed by atoms with Crippen molar-refractivity contribution in [1.29, 1.82) is 0 Å². The first-order chi connectivity index (χ1) is 11.7. The predicted octanol–water partition coefficient (Wildman–Crippen LogP) is 4.28. The molecule has 2 atom stereocenters. The molecular weight excluding hydrogens is 305 g/mol. The van der Waals surface area contributed by atoms with E-state index in [9.17, 15) is 4.39 Å². The van der Waals surface area contributed by atoms with Crippen LogP contribution in [0, 0.1) is 5.82 Å². The van der Waals surface area contributed by atoms with Gasteiger partial charge in [0.2, 0.25) is 0 Å². The van der Waals surface area contributed by atoms with Crippen molar-refractivity contribution in [3.8, 4) is 11.5 Å². The normalized spacial score (nSPS) is 17.8. The van der Waals surface area contributed by atoms with Crippen molar-refractivity contribution in [3.05, 3.63) is 66.0 Å². The summed E-state index contributed by atoms with van der Waals surface area (Å²) < 4.78 is 19.9. The summed E-state index contributed by atoms with van der Waals surface area (Å²) in [5, 5.41) is 6.77. The Morgan fingerprint density at radius 2 is 2.29 bits per heavy atom. The topological polar surface area (TPSA) is 46.2 Å². The summed E-state index contributed by atoms with van der Waals surface area (Å²) in [6.07, 6.45) is 7.29. The molecule has 1 aliphatic rings. The Kier molecular flexibility index (Phi) is 4.99. The number of halogens is 1. The standard InChI is InChI=1S/C19H22FN3O/c1-3-15-10-16(11-22-15)23-13(2)14-6-7-19(18(20)9-14)24-17-5-4-8-21-12-17/h4-9,11-13,15,22-23H,3,10H2,1-2H3/t13?,15-/m0/s1. The van der Waals surface area contributed by atoms with Crippen molar-refractivity contribution in [2.45, 2.75) is 38.8 Å². The predicted molar refractivity (Wildman–Crippen MR) is 92.2 cm³/mol. The van der Waals surface area contributed by atoms with Crippen LogP contribution in [0.25, 0.3) is 0 Å². The zero-order valence-electron chi connectivity index (χ0n) is 13.9. The highest BCUT2D eigenvalue weighted by atomic mass is 19.1. The molecule has 0 saturated heterocycles. The Morgan fingerprint density at radius 3 is 2.96 bits per heavy atom. The maximum atomic E-state index is 14.3. The number of rotatable bonds is 6. The quantitative estimate of drug-likeness (QED) is 0.831. The van der Waals surface area contributed by atoms with Crippen LogP contribution in [0.3, 0.4) is 0 Å². The average molecular weight is 327 g/mol. The molecule has 0 spiro atoms. The molecule has 4 nitrogen and oxygen atoms in total. The van der Waals surface area contributed by atoms with Gasteiger partial charge in [-0.1, -0.05) is 13.0 Å². The Morgan fingerprint density at radius 1 is 1.42 bits per heavy atom. The Bertz CT molecular complexity index is 718. The lowest BCUT2D eigenvalue weighted by atomic mass is 10.1. The van der Waals surface area contributed by atoms with Crippen LogP contribution in [-0.2, 0) is 0 Å². The number of hydrogen-bond acceptors (Lipinski definition) is 4. The van der Waals surface area contributed by atoms with E-state index in [-0.39, 0.29) is 17.6 Å². The van der Waals surface area contributed by atoms with Crippen LogP contribution in [0.1, 0.15) is 38.3 Å². The van der Waals surface area contributed by atoms with Crippen LogP contribution >= 0.6 is 0 Å². The molecule has 2 heterocycles. The van der Waals surface area contributed by atoms with Gasteiger partial charge in [0.15, 0.2) is 11.6 Å². The third kappa shape index (κ3) is 3.85. The second-order valence-corrected chi connectivity index (χ2v) is 5.99. The smallest absolute Gasteiger partial charge is 0.166 e. The van der Waals surface area contributed by atoms with Crippen molar-refractivity contribution in [2.75, 3.05) is 0 Å². The number of nitrogens with zero attached hydrogens (tertiary/aromatic N) is 1. The molecule has 0 fully saturated rings. The lowest BCUT2D eigenvalue weighted by molar-refractivity contribution is 0.439. The van der Waals surface area contributed by atoms with Gasteiger partial charge in [-0.3, -0.25) is 4.98 Å². The van der Waals surface area contributed by atoms with Gasteiger partial charge in [0, 0.05) is 36.6 Å². The fraction of sp³-hybridized carbons (Fsp3) is 0.316. The molecule has 0 amide bonds. The van der Waals surface area contributed by atoms with E-state index in [4.69, 9.17) is 4.74 Å². The molecule has 0 radical (unpaired) electrons. The number of benzene rings is 1. The molecule has 1 aromatic carbocycles. The first kappa shape index (κ1) is 16.3. The zero-order valence-corrected chi connectivity index (χ0v) is 13.9. The maximum Gasteiger partial charge on any atom is 0.166 e. The van der Waals surface area contributed by atoms with Gasteiger partial charge in [-0.05, 0) is 43.2 Å². The van der Waals surface area contributed by atoms with Crippen LogP contribution in [-0.4, -0.2) is 11.0 Å². The van der Waals surface area contributed by atoms with E-state index in [0.29, 0.717) is 11.8 Å². The molecule has 24 heavy (non-hydrogen) atoms. The lowest BCUT2D eigenvalue weighted by Gasteiger charge is -2.17. The summed E-state index contributed by atoms with van der Waals surface area (Å²) in [5.74, 6) is 0.338. The van der Waals surface area contributed by atoms with E-state index in [2.05, 4.69) is 22.5 Å². The van der Waals surface area contributed by atoms with Crippen LogP contribution in [0.2, 0.25) is 0 Å². The first-order valence-electron chi connectivity index (χ1n) is 8.24. The first-order valence-corrected chi connectivity index (χ1v) is 8.24. The summed E-state index contributed by atoms with van der Waals surface area (Å²) in [6, 6.07) is 9.07. The summed E-state index contributed by atoms with van der Waals surface area (Å²) in [7, 11) is 0. The summed E-state index contributed by atoms with van der Waals surface area (Å²) in [4.78, 5) is 3.96. The van der Waals surface area contributed by atoms with Crippen molar-refractivity contribution < 1.29 is 9.13 Å². The van der Waals surface area contributed by atoms with Crippen LogP contribution < -0.4 is 15.4 Å². The van der Waals surface area contributed by atoms with Gasteiger partial charge in [0.25, 0.3) is 0 Å². The molecule has 5 heteroatoms. The zero-order chi connectivity index (χ0) is 16.9. The number of hydrogen-bond donors (Lipinski definition) is 2. The van der Waals surface area contributed by atoms with E-state index in [0.717, 1.165) is 24.1 Å². The Balaban J connectivity index is 1.66. The molecule has 1 aromatic heterocycles. The monoisotopic (exact) mass is 327 g/mol. The number of nitrogens with one attached hydrogen (secondary N) is 2. The highest BCUT2D eigenvalue weighted by Gasteiger charge is 2.17. The third-order valence-electron chi connectivity index (χ3n) is 4.17. The SMILES string of the molecule is CC[C@H]1CC(NC(C)c2ccc(Oc3cccnc3)c(F)c2)=CN1. The van der Waals surface area contributed by atoms with Gasteiger partial charge < -0.3 is 15.4 Å². The minimum Gasteiger partial charge on any atom is -0.453 e. The van der Waals surface area contributed by atoms with Crippen molar-refractivity contribution >= 4 is 0 Å². The van der Waals surface area contributed by atoms with Gasteiger partial charge in [-0.2, -0.15) is 0 Å². The molecular formula is C19H22FN3O. The minimum atomic E-state index is -0.380. The molecule has 1 unspecified atom stereocenters. The van der Waals surface area contributed by atoms with Gasteiger partial charge in [0.05, 0.1) is 6.20 Å². The third-order valence-corrected chi connectivity index (χ3v) is 4.17. The van der Waals surface area contributed by atoms with Gasteiger partial charge >= 0.3 is 0 Å². The molecule has 0 aliphatic carbocycles. The van der Waals surface area contributed by atoms with Crippen LogP contribution in [0.5, 0.6) is 11.5 Å². The molecule has 0 bridgehead atoms. The summed E-state index contributed by atoms with van der Waals surface area (Å²) >= 11 is 0. The van der Waals surface area contributed by atoms with E-state index < -0.39 is 0 Å². The molecule has 1 aliphatic heterocycles. The summed E-state index contributed by atoms with van der Waals surface area (Å²) in [6.45, 7) is 4.19. The number of aromatic nitrogens is 1. The van der Waals surface area contributed by atoms with Gasteiger partial charge in [0.1, 0.15) is 5.75 Å². The fourth-order valence-corrected chi connectivity index (χ4v) is 2.73. The maximum absolute atomic E-state index is 14.3. The average Bonchev–Trinajstić information content (AvgIpc) is 3.05. The highest BCUT2D eigenvalue weighted by Crippen LogP contribution is 2.27. The lowest BCUT2D eigenvalue weighted by Crippen LogP contribution is -2.20. The highest BCUT2D eigenvalue weighted by molar-refractivity contribution is 5.34. The second kappa shape index (κ2) is 7.34. The summed E-state index contributed by atoms with van der Waals surface area (Å²) in [5.41, 5.74) is 2.04. The Hall–Kier alpha value is -2.56. The number of pyridine rings is 1. The van der Waals surface area contributed by atoms with E-state index in [1.807, 2.05) is 19.2 Å². The van der Waals surface area contributed by atoms with Gasteiger partial charge in [-0.15, -0.1) is 0 Å². The van der Waals surface area contributed by atoms with E-state index in [1.54, 1.807) is 30.6 Å². The van der Waals surface area contributed by atoms with Crippen LogP contribution in [0.4, 0.5) is 4.39 Å². The molecule has 0 saturated carbocycles. The number of ether oxygens (including phenoxy) is 1. The second-order valence-electron chi connectivity index (χ2n) is 5.99. The molecule has 126 valence electrons. The largest absolute Gasteiger partial charge is 0.453 e. The van der Waals surface area contributed by atoms with Crippen LogP contribution in [0.15, 0.2) is 54.6 Å². The van der Waals surface area contributed by atoms with Crippen molar-refractivity contribution in [3.63, 3.8) is 0 Å². The van der Waals surface area contributed by atoms with Crippen molar-refractivity contribution in [1.82, 2.24) is 15.6 Å².